The minimum Gasteiger partial charge on any atom is -0.497 e. The molecule has 0 bridgehead atoms. The summed E-state index contributed by atoms with van der Waals surface area (Å²) in [5.41, 5.74) is 0.300. The number of rotatable bonds is 6. The van der Waals surface area contributed by atoms with Gasteiger partial charge in [0.15, 0.2) is 0 Å². The number of amides is 1. The van der Waals surface area contributed by atoms with Crippen molar-refractivity contribution in [1.29, 1.82) is 0 Å². The number of carbonyl (C=O) groups is 1. The molecule has 0 spiro atoms. The van der Waals surface area contributed by atoms with Gasteiger partial charge in [0.25, 0.3) is 5.91 Å². The molecule has 0 aliphatic heterocycles. The fourth-order valence-electron chi connectivity index (χ4n) is 2.44. The monoisotopic (exact) mass is 385 g/mol. The van der Waals surface area contributed by atoms with Gasteiger partial charge in [-0.25, -0.2) is 13.8 Å². The van der Waals surface area contributed by atoms with Crippen LogP contribution in [0.5, 0.6) is 11.5 Å². The number of para-hydroxylation sites is 1. The third-order valence-corrected chi connectivity index (χ3v) is 3.90. The van der Waals surface area contributed by atoms with Gasteiger partial charge in [-0.1, -0.05) is 6.07 Å². The summed E-state index contributed by atoms with van der Waals surface area (Å²) >= 11 is 0. The molecule has 144 valence electrons. The zero-order valence-corrected chi connectivity index (χ0v) is 15.1. The first-order valence-electron chi connectivity index (χ1n) is 8.22. The molecular weight excluding hydrogens is 368 g/mol. The third-order valence-electron chi connectivity index (χ3n) is 3.90. The fraction of sp³-hybridized carbons (Fsp3) is 0.100. The molecule has 8 heteroatoms. The topological polar surface area (TPSA) is 72.5 Å². The highest BCUT2D eigenvalue weighted by Crippen LogP contribution is 2.31. The van der Waals surface area contributed by atoms with Crippen molar-refractivity contribution < 1.29 is 23.0 Å². The van der Waals surface area contributed by atoms with E-state index in [1.165, 1.54) is 25.4 Å². The molecule has 1 amide bonds. The van der Waals surface area contributed by atoms with Crippen molar-refractivity contribution in [3.8, 4) is 11.5 Å². The molecule has 2 aromatic carbocycles. The first-order valence-corrected chi connectivity index (χ1v) is 8.22. The normalized spacial score (nSPS) is 10.3. The Labute approximate surface area is 160 Å². The van der Waals surface area contributed by atoms with Crippen molar-refractivity contribution in [1.82, 2.24) is 4.98 Å². The molecule has 6 nitrogen and oxygen atoms in total. The molecular formula is C20H17F2N3O3. The number of carbonyl (C=O) groups excluding carboxylic acids is 1. The van der Waals surface area contributed by atoms with Crippen LogP contribution in [0.2, 0.25) is 0 Å². The number of ether oxygens (including phenoxy) is 2. The first-order chi connectivity index (χ1) is 13.5. The second-order valence-corrected chi connectivity index (χ2v) is 5.67. The van der Waals surface area contributed by atoms with E-state index in [1.807, 2.05) is 0 Å². The first kappa shape index (κ1) is 19.1. The largest absolute Gasteiger partial charge is 0.497 e. The lowest BCUT2D eigenvalue weighted by Crippen LogP contribution is -2.14. The highest BCUT2D eigenvalue weighted by Gasteiger charge is 2.14. The Balaban J connectivity index is 1.74. The van der Waals surface area contributed by atoms with E-state index in [9.17, 15) is 13.6 Å². The van der Waals surface area contributed by atoms with Crippen molar-refractivity contribution in [3.63, 3.8) is 0 Å². The number of hydrogen-bond acceptors (Lipinski definition) is 5. The molecule has 0 aliphatic carbocycles. The van der Waals surface area contributed by atoms with Gasteiger partial charge in [-0.3, -0.25) is 4.79 Å². The number of pyridine rings is 1. The standard InChI is InChI=1S/C20H17F2N3O3/c1-27-13-7-8-16(17(10-13)28-2)24-18-9-6-12(11-23-18)20(26)25-19-14(21)4-3-5-15(19)22/h3-11H,1-2H3,(H,23,24)(H,25,26). The Kier molecular flexibility index (Phi) is 5.69. The maximum absolute atomic E-state index is 13.7. The quantitative estimate of drug-likeness (QED) is 0.659. The minimum atomic E-state index is -0.855. The van der Waals surface area contributed by atoms with Crippen molar-refractivity contribution in [3.05, 3.63) is 71.9 Å². The summed E-state index contributed by atoms with van der Waals surface area (Å²) in [6.45, 7) is 0. The Hall–Kier alpha value is -3.68. The van der Waals surface area contributed by atoms with E-state index >= 15 is 0 Å². The fourth-order valence-corrected chi connectivity index (χ4v) is 2.44. The summed E-state index contributed by atoms with van der Waals surface area (Å²) in [7, 11) is 3.09. The zero-order chi connectivity index (χ0) is 20.1. The maximum atomic E-state index is 13.7. The van der Waals surface area contributed by atoms with Crippen LogP contribution in [0.3, 0.4) is 0 Å². The lowest BCUT2D eigenvalue weighted by molar-refractivity contribution is 0.102. The van der Waals surface area contributed by atoms with Crippen molar-refractivity contribution in [2.24, 2.45) is 0 Å². The molecule has 1 heterocycles. The number of nitrogens with zero attached hydrogens (tertiary/aromatic N) is 1. The van der Waals surface area contributed by atoms with Crippen LogP contribution >= 0.6 is 0 Å². The molecule has 3 aromatic rings. The lowest BCUT2D eigenvalue weighted by atomic mass is 10.2. The van der Waals surface area contributed by atoms with Gasteiger partial charge >= 0.3 is 0 Å². The summed E-state index contributed by atoms with van der Waals surface area (Å²) in [6.07, 6.45) is 1.30. The van der Waals surface area contributed by atoms with E-state index in [1.54, 1.807) is 31.4 Å². The Morgan fingerprint density at radius 2 is 1.75 bits per heavy atom. The second kappa shape index (κ2) is 8.34. The van der Waals surface area contributed by atoms with Gasteiger partial charge in [0.2, 0.25) is 0 Å². The summed E-state index contributed by atoms with van der Waals surface area (Å²) in [5, 5.41) is 5.28. The average molecular weight is 385 g/mol. The number of halogens is 2. The van der Waals surface area contributed by atoms with Crippen molar-refractivity contribution >= 4 is 23.1 Å². The number of aromatic nitrogens is 1. The summed E-state index contributed by atoms with van der Waals surface area (Å²) < 4.78 is 37.8. The summed E-state index contributed by atoms with van der Waals surface area (Å²) in [4.78, 5) is 16.4. The van der Waals surface area contributed by atoms with Gasteiger partial charge in [0, 0.05) is 12.3 Å². The van der Waals surface area contributed by atoms with Crippen LogP contribution in [-0.2, 0) is 0 Å². The second-order valence-electron chi connectivity index (χ2n) is 5.67. The van der Waals surface area contributed by atoms with Crippen molar-refractivity contribution in [2.45, 2.75) is 0 Å². The predicted molar refractivity (Wildman–Crippen MR) is 101 cm³/mol. The third kappa shape index (κ3) is 4.17. The van der Waals surface area contributed by atoms with Gasteiger partial charge < -0.3 is 20.1 Å². The molecule has 0 unspecified atom stereocenters. The average Bonchev–Trinajstić information content (AvgIpc) is 2.71. The molecule has 0 saturated carbocycles. The smallest absolute Gasteiger partial charge is 0.257 e. The molecule has 1 aromatic heterocycles. The maximum Gasteiger partial charge on any atom is 0.257 e. The predicted octanol–water partition coefficient (Wildman–Crippen LogP) is 4.37. The molecule has 2 N–H and O–H groups in total. The highest BCUT2D eigenvalue weighted by molar-refractivity contribution is 6.04. The van der Waals surface area contributed by atoms with E-state index in [2.05, 4.69) is 15.6 Å². The molecule has 0 atom stereocenters. The molecule has 0 aliphatic rings. The van der Waals surface area contributed by atoms with E-state index < -0.39 is 23.2 Å². The van der Waals surface area contributed by atoms with E-state index in [4.69, 9.17) is 9.47 Å². The van der Waals surface area contributed by atoms with Crippen LogP contribution < -0.4 is 20.1 Å². The van der Waals surface area contributed by atoms with Gasteiger partial charge in [-0.2, -0.15) is 0 Å². The van der Waals surface area contributed by atoms with Crippen LogP contribution in [0.15, 0.2) is 54.7 Å². The zero-order valence-electron chi connectivity index (χ0n) is 15.1. The summed E-state index contributed by atoms with van der Waals surface area (Å²) in [5.74, 6) is -0.736. The molecule has 3 rings (SSSR count). The van der Waals surface area contributed by atoms with Crippen LogP contribution in [0.4, 0.5) is 26.0 Å². The molecule has 0 radical (unpaired) electrons. The summed E-state index contributed by atoms with van der Waals surface area (Å²) in [6, 6.07) is 11.6. The number of nitrogens with one attached hydrogen (secondary N) is 2. The lowest BCUT2D eigenvalue weighted by Gasteiger charge is -2.12. The van der Waals surface area contributed by atoms with Crippen molar-refractivity contribution in [2.75, 3.05) is 24.9 Å². The SMILES string of the molecule is COc1ccc(Nc2ccc(C(=O)Nc3c(F)cccc3F)cn2)c(OC)c1. The van der Waals surface area contributed by atoms with Gasteiger partial charge in [0.05, 0.1) is 25.5 Å². The van der Waals surface area contributed by atoms with Crippen LogP contribution in [0.1, 0.15) is 10.4 Å². The van der Waals surface area contributed by atoms with Gasteiger partial charge in [0.1, 0.15) is 34.6 Å². The van der Waals surface area contributed by atoms with Crippen LogP contribution in [0.25, 0.3) is 0 Å². The van der Waals surface area contributed by atoms with E-state index in [0.717, 1.165) is 12.1 Å². The Morgan fingerprint density at radius 3 is 2.36 bits per heavy atom. The minimum absolute atomic E-state index is 0.148. The van der Waals surface area contributed by atoms with E-state index in [0.29, 0.717) is 23.0 Å². The number of benzene rings is 2. The molecule has 0 fully saturated rings. The molecule has 28 heavy (non-hydrogen) atoms. The van der Waals surface area contributed by atoms with Gasteiger partial charge in [-0.15, -0.1) is 0 Å². The number of methoxy groups -OCH3 is 2. The molecule has 0 saturated heterocycles. The van der Waals surface area contributed by atoms with E-state index in [-0.39, 0.29) is 5.56 Å². The number of anilines is 3. The van der Waals surface area contributed by atoms with Gasteiger partial charge in [-0.05, 0) is 36.4 Å². The van der Waals surface area contributed by atoms with Crippen LogP contribution in [0, 0.1) is 11.6 Å². The Morgan fingerprint density at radius 1 is 1.00 bits per heavy atom. The van der Waals surface area contributed by atoms with Crippen LogP contribution in [-0.4, -0.2) is 25.1 Å². The Bertz CT molecular complexity index is 974. The highest BCUT2D eigenvalue weighted by atomic mass is 19.1. The number of hydrogen-bond donors (Lipinski definition) is 2.